The number of benzene rings is 1. The van der Waals surface area contributed by atoms with Crippen LogP contribution in [0, 0.1) is 13.8 Å². The number of carbonyl (C=O) groups is 1. The fraction of sp³-hybridized carbons (Fsp3) is 0.353. The van der Waals surface area contributed by atoms with E-state index < -0.39 is 16.0 Å². The first-order valence-corrected chi connectivity index (χ1v) is 9.56. The second kappa shape index (κ2) is 7.00. The number of hydrogen-bond donors (Lipinski definition) is 2. The highest BCUT2D eigenvalue weighted by atomic mass is 32.2. The third-order valence-corrected chi connectivity index (χ3v) is 5.69. The van der Waals surface area contributed by atoms with Crippen molar-refractivity contribution in [1.82, 2.24) is 9.71 Å². The van der Waals surface area contributed by atoms with Crippen molar-refractivity contribution in [3.63, 3.8) is 0 Å². The Kier molecular flexibility index (Phi) is 4.92. The van der Waals surface area contributed by atoms with Crippen molar-refractivity contribution in [2.24, 2.45) is 0 Å². The highest BCUT2D eigenvalue weighted by molar-refractivity contribution is 7.89. The molecule has 9 heteroatoms. The van der Waals surface area contributed by atoms with Gasteiger partial charge in [0.2, 0.25) is 16.8 Å². The molecule has 0 bridgehead atoms. The average molecular weight is 380 g/mol. The maximum atomic E-state index is 12.7. The van der Waals surface area contributed by atoms with Crippen LogP contribution in [0.1, 0.15) is 34.2 Å². The molecule has 0 saturated heterocycles. The number of aryl methyl sites for hydroxylation is 1. The van der Waals surface area contributed by atoms with Crippen molar-refractivity contribution in [3.05, 3.63) is 40.7 Å². The topological polar surface area (TPSA) is 107 Å². The molecule has 1 aromatic heterocycles. The lowest BCUT2D eigenvalue weighted by atomic mass is 10.2. The number of esters is 1. The minimum Gasteiger partial charge on any atom is -0.461 e. The number of aromatic nitrogens is 1. The summed E-state index contributed by atoms with van der Waals surface area (Å²) >= 11 is 0. The number of rotatable bonds is 6. The molecule has 0 spiro atoms. The van der Waals surface area contributed by atoms with Crippen LogP contribution in [0.25, 0.3) is 0 Å². The van der Waals surface area contributed by atoms with Crippen molar-refractivity contribution in [1.29, 1.82) is 0 Å². The van der Waals surface area contributed by atoms with Crippen molar-refractivity contribution in [3.8, 4) is 11.5 Å². The number of H-pyrrole nitrogens is 1. The van der Waals surface area contributed by atoms with Gasteiger partial charge < -0.3 is 19.2 Å². The summed E-state index contributed by atoms with van der Waals surface area (Å²) in [5.74, 6) is 0.638. The monoisotopic (exact) mass is 380 g/mol. The zero-order valence-electron chi connectivity index (χ0n) is 14.7. The van der Waals surface area contributed by atoms with E-state index in [-0.39, 0.29) is 30.5 Å². The number of nitrogens with one attached hydrogen (secondary N) is 2. The van der Waals surface area contributed by atoms with Crippen LogP contribution in [-0.4, -0.2) is 32.8 Å². The zero-order chi connectivity index (χ0) is 18.9. The first kappa shape index (κ1) is 18.3. The van der Waals surface area contributed by atoms with Crippen molar-refractivity contribution in [2.75, 3.05) is 13.4 Å². The van der Waals surface area contributed by atoms with Gasteiger partial charge in [0.05, 0.1) is 6.61 Å². The summed E-state index contributed by atoms with van der Waals surface area (Å²) in [7, 11) is -3.82. The molecule has 0 saturated carbocycles. The normalized spacial score (nSPS) is 13.0. The number of ether oxygens (including phenoxy) is 3. The molecule has 1 aliphatic heterocycles. The van der Waals surface area contributed by atoms with Gasteiger partial charge >= 0.3 is 5.97 Å². The Labute approximate surface area is 151 Å². The highest BCUT2D eigenvalue weighted by Gasteiger charge is 2.27. The van der Waals surface area contributed by atoms with E-state index >= 15 is 0 Å². The van der Waals surface area contributed by atoms with E-state index in [4.69, 9.17) is 14.2 Å². The lowest BCUT2D eigenvalue weighted by Gasteiger charge is -2.08. The third kappa shape index (κ3) is 3.40. The Morgan fingerprint density at radius 3 is 2.73 bits per heavy atom. The average Bonchev–Trinajstić information content (AvgIpc) is 3.17. The third-order valence-electron chi connectivity index (χ3n) is 4.02. The quantitative estimate of drug-likeness (QED) is 0.743. The lowest BCUT2D eigenvalue weighted by molar-refractivity contribution is 0.0519. The molecule has 0 atom stereocenters. The Morgan fingerprint density at radius 1 is 1.27 bits per heavy atom. The zero-order valence-corrected chi connectivity index (χ0v) is 15.5. The van der Waals surface area contributed by atoms with Crippen LogP contribution in [0.5, 0.6) is 11.5 Å². The van der Waals surface area contributed by atoms with Gasteiger partial charge in [0.1, 0.15) is 10.6 Å². The fourth-order valence-electron chi connectivity index (χ4n) is 2.84. The molecular formula is C17H20N2O6S. The number of hydrogen-bond acceptors (Lipinski definition) is 6. The molecule has 140 valence electrons. The van der Waals surface area contributed by atoms with Gasteiger partial charge in [0.25, 0.3) is 0 Å². The highest BCUT2D eigenvalue weighted by Crippen LogP contribution is 2.32. The summed E-state index contributed by atoms with van der Waals surface area (Å²) in [5.41, 5.74) is 1.59. The van der Waals surface area contributed by atoms with Gasteiger partial charge in [0, 0.05) is 17.8 Å². The lowest BCUT2D eigenvalue weighted by Crippen LogP contribution is -2.24. The van der Waals surface area contributed by atoms with E-state index in [1.54, 1.807) is 39.0 Å². The van der Waals surface area contributed by atoms with Gasteiger partial charge in [-0.1, -0.05) is 6.07 Å². The van der Waals surface area contributed by atoms with E-state index in [9.17, 15) is 13.2 Å². The predicted octanol–water partition coefficient (Wildman–Crippen LogP) is 2.02. The van der Waals surface area contributed by atoms with Gasteiger partial charge in [-0.3, -0.25) is 0 Å². The molecule has 2 aromatic rings. The minimum atomic E-state index is -3.82. The van der Waals surface area contributed by atoms with Crippen molar-refractivity contribution >= 4 is 16.0 Å². The molecule has 1 aliphatic rings. The fourth-order valence-corrected chi connectivity index (χ4v) is 4.31. The molecule has 0 radical (unpaired) electrons. The standard InChI is InChI=1S/C17H20N2O6S/c1-4-23-17(20)15-10(2)16(11(3)19-15)26(21,22)18-8-12-5-6-13-14(7-12)25-9-24-13/h5-7,18-19H,4,8-9H2,1-3H3. The van der Waals surface area contributed by atoms with E-state index in [0.717, 1.165) is 5.56 Å². The summed E-state index contributed by atoms with van der Waals surface area (Å²) in [4.78, 5) is 14.8. The van der Waals surface area contributed by atoms with E-state index in [1.807, 2.05) is 0 Å². The van der Waals surface area contributed by atoms with Crippen molar-refractivity contribution in [2.45, 2.75) is 32.2 Å². The number of sulfonamides is 1. The van der Waals surface area contributed by atoms with Crippen LogP contribution >= 0.6 is 0 Å². The van der Waals surface area contributed by atoms with E-state index in [0.29, 0.717) is 22.8 Å². The van der Waals surface area contributed by atoms with E-state index in [1.165, 1.54) is 0 Å². The Balaban J connectivity index is 1.81. The van der Waals surface area contributed by atoms with Crippen LogP contribution in [0.4, 0.5) is 0 Å². The summed E-state index contributed by atoms with van der Waals surface area (Å²) < 4.78 is 43.5. The minimum absolute atomic E-state index is 0.0568. The number of fused-ring (bicyclic) bond motifs is 1. The number of aromatic amines is 1. The Morgan fingerprint density at radius 2 is 2.00 bits per heavy atom. The molecule has 0 aliphatic carbocycles. The Hall–Kier alpha value is -2.52. The molecule has 0 fully saturated rings. The summed E-state index contributed by atoms with van der Waals surface area (Å²) in [5, 5.41) is 0. The number of carbonyl (C=O) groups excluding carboxylic acids is 1. The molecule has 0 unspecified atom stereocenters. The molecule has 26 heavy (non-hydrogen) atoms. The molecule has 2 N–H and O–H groups in total. The van der Waals surface area contributed by atoms with Crippen LogP contribution in [0.3, 0.4) is 0 Å². The molecule has 0 amide bonds. The predicted molar refractivity (Wildman–Crippen MR) is 92.8 cm³/mol. The van der Waals surface area contributed by atoms with E-state index in [2.05, 4.69) is 9.71 Å². The molecule has 2 heterocycles. The van der Waals surface area contributed by atoms with Crippen LogP contribution < -0.4 is 14.2 Å². The largest absolute Gasteiger partial charge is 0.461 e. The second-order valence-corrected chi connectivity index (χ2v) is 7.52. The molecular weight excluding hydrogens is 360 g/mol. The molecule has 1 aromatic carbocycles. The molecule has 3 rings (SSSR count). The van der Waals surface area contributed by atoms with Crippen LogP contribution in [0.15, 0.2) is 23.1 Å². The van der Waals surface area contributed by atoms with Gasteiger partial charge in [-0.25, -0.2) is 17.9 Å². The van der Waals surface area contributed by atoms with Gasteiger partial charge in [0.15, 0.2) is 11.5 Å². The van der Waals surface area contributed by atoms with Gasteiger partial charge in [-0.2, -0.15) is 0 Å². The van der Waals surface area contributed by atoms with Crippen LogP contribution in [-0.2, 0) is 21.3 Å². The first-order chi connectivity index (χ1) is 12.3. The second-order valence-electron chi connectivity index (χ2n) is 5.81. The Bertz CT molecular complexity index is 948. The van der Waals surface area contributed by atoms with Gasteiger partial charge in [-0.05, 0) is 38.5 Å². The SMILES string of the molecule is CCOC(=O)c1[nH]c(C)c(S(=O)(=O)NCc2ccc3c(c2)OCO3)c1C. The molecule has 8 nitrogen and oxygen atoms in total. The van der Waals surface area contributed by atoms with Crippen molar-refractivity contribution < 1.29 is 27.4 Å². The maximum absolute atomic E-state index is 12.7. The summed E-state index contributed by atoms with van der Waals surface area (Å²) in [6.45, 7) is 5.31. The van der Waals surface area contributed by atoms with Crippen LogP contribution in [0.2, 0.25) is 0 Å². The summed E-state index contributed by atoms with van der Waals surface area (Å²) in [6.07, 6.45) is 0. The smallest absolute Gasteiger partial charge is 0.355 e. The van der Waals surface area contributed by atoms with Gasteiger partial charge in [-0.15, -0.1) is 0 Å². The maximum Gasteiger partial charge on any atom is 0.355 e. The first-order valence-electron chi connectivity index (χ1n) is 8.08. The summed E-state index contributed by atoms with van der Waals surface area (Å²) in [6, 6.07) is 5.22.